The predicted molar refractivity (Wildman–Crippen MR) is 84.1 cm³/mol. The van der Waals surface area contributed by atoms with E-state index in [4.69, 9.17) is 14.0 Å². The molecule has 6 heteroatoms. The topological polar surface area (TPSA) is 45.5 Å². The van der Waals surface area contributed by atoms with Gasteiger partial charge in [0, 0.05) is 17.9 Å². The van der Waals surface area contributed by atoms with E-state index in [1.807, 2.05) is 6.20 Å². The van der Waals surface area contributed by atoms with Gasteiger partial charge in [-0.25, -0.2) is 0 Å². The van der Waals surface area contributed by atoms with Gasteiger partial charge in [0.1, 0.15) is 0 Å². The van der Waals surface area contributed by atoms with Crippen LogP contribution in [-0.2, 0) is 14.0 Å². The standard InChI is InChI=1S/C16H25BN2O3/c1-15(2)16(3,4)22-17(21-15)11-9-18-19(10-11)12-7-13-5-6-14(8-12)20-13/h9-10,12-14H,5-8H2,1-4H3/t12?,13-,14+. The summed E-state index contributed by atoms with van der Waals surface area (Å²) in [6.07, 6.45) is 9.37. The predicted octanol–water partition coefficient (Wildman–Crippen LogP) is 2.06. The Bertz CT molecular complexity index is 543. The molecule has 0 saturated carbocycles. The van der Waals surface area contributed by atoms with E-state index >= 15 is 0 Å². The van der Waals surface area contributed by atoms with Crippen molar-refractivity contribution in [3.8, 4) is 0 Å². The van der Waals surface area contributed by atoms with E-state index in [0.717, 1.165) is 18.3 Å². The molecule has 3 fully saturated rings. The third-order valence-corrected chi connectivity index (χ3v) is 5.79. The number of ether oxygens (including phenoxy) is 1. The summed E-state index contributed by atoms with van der Waals surface area (Å²) >= 11 is 0. The van der Waals surface area contributed by atoms with Crippen LogP contribution in [0.15, 0.2) is 12.4 Å². The molecule has 1 unspecified atom stereocenters. The van der Waals surface area contributed by atoms with Crippen molar-refractivity contribution in [3.63, 3.8) is 0 Å². The van der Waals surface area contributed by atoms with E-state index in [1.165, 1.54) is 12.8 Å². The van der Waals surface area contributed by atoms with Gasteiger partial charge in [-0.05, 0) is 53.4 Å². The second kappa shape index (κ2) is 4.82. The van der Waals surface area contributed by atoms with Crippen LogP contribution in [0.5, 0.6) is 0 Å². The maximum absolute atomic E-state index is 6.11. The van der Waals surface area contributed by atoms with Gasteiger partial charge in [-0.1, -0.05) is 0 Å². The normalized spacial score (nSPS) is 36.0. The van der Waals surface area contributed by atoms with Crippen molar-refractivity contribution in [2.24, 2.45) is 0 Å². The number of fused-ring (bicyclic) bond motifs is 2. The SMILES string of the molecule is CC1(C)OB(c2cnn(C3C[C@H]4CC[C@@H](C3)O4)c2)OC1(C)C. The van der Waals surface area contributed by atoms with E-state index in [-0.39, 0.29) is 18.3 Å². The highest BCUT2D eigenvalue weighted by Gasteiger charge is 2.52. The Morgan fingerprint density at radius 2 is 1.68 bits per heavy atom. The third kappa shape index (κ3) is 2.32. The summed E-state index contributed by atoms with van der Waals surface area (Å²) in [5, 5.41) is 4.58. The molecule has 1 aromatic rings. The van der Waals surface area contributed by atoms with Crippen molar-refractivity contribution in [1.82, 2.24) is 9.78 Å². The fraction of sp³-hybridized carbons (Fsp3) is 0.812. The van der Waals surface area contributed by atoms with Gasteiger partial charge in [0.2, 0.25) is 0 Å². The zero-order valence-electron chi connectivity index (χ0n) is 13.9. The largest absolute Gasteiger partial charge is 0.498 e. The van der Waals surface area contributed by atoms with Gasteiger partial charge in [0.15, 0.2) is 0 Å². The molecule has 3 aliphatic rings. The lowest BCUT2D eigenvalue weighted by Gasteiger charge is -2.32. The van der Waals surface area contributed by atoms with Crippen LogP contribution >= 0.6 is 0 Å². The van der Waals surface area contributed by atoms with E-state index in [9.17, 15) is 0 Å². The van der Waals surface area contributed by atoms with E-state index in [2.05, 4.69) is 43.7 Å². The van der Waals surface area contributed by atoms with Crippen LogP contribution in [-0.4, -0.2) is 40.3 Å². The average Bonchev–Trinajstić information content (AvgIpc) is 3.09. The Labute approximate surface area is 132 Å². The molecule has 0 aromatic carbocycles. The first kappa shape index (κ1) is 14.7. The molecular weight excluding hydrogens is 279 g/mol. The molecule has 0 amide bonds. The molecule has 0 spiro atoms. The summed E-state index contributed by atoms with van der Waals surface area (Å²) in [5.74, 6) is 0. The van der Waals surface area contributed by atoms with Crippen molar-refractivity contribution in [3.05, 3.63) is 12.4 Å². The van der Waals surface area contributed by atoms with Gasteiger partial charge < -0.3 is 14.0 Å². The van der Waals surface area contributed by atoms with Gasteiger partial charge >= 0.3 is 7.12 Å². The molecule has 3 saturated heterocycles. The fourth-order valence-electron chi connectivity index (χ4n) is 3.70. The van der Waals surface area contributed by atoms with Crippen molar-refractivity contribution < 1.29 is 14.0 Å². The highest BCUT2D eigenvalue weighted by molar-refractivity contribution is 6.61. The Morgan fingerprint density at radius 3 is 2.27 bits per heavy atom. The van der Waals surface area contributed by atoms with Crippen LogP contribution in [0, 0.1) is 0 Å². The van der Waals surface area contributed by atoms with Gasteiger partial charge in [-0.2, -0.15) is 5.10 Å². The van der Waals surface area contributed by atoms with E-state index in [1.54, 1.807) is 0 Å². The summed E-state index contributed by atoms with van der Waals surface area (Å²) in [6.45, 7) is 8.31. The van der Waals surface area contributed by atoms with Crippen LogP contribution in [0.3, 0.4) is 0 Å². The molecule has 3 atom stereocenters. The summed E-state index contributed by atoms with van der Waals surface area (Å²) in [7, 11) is -0.324. The van der Waals surface area contributed by atoms with Crippen molar-refractivity contribution >= 4 is 12.6 Å². The Morgan fingerprint density at radius 1 is 1.09 bits per heavy atom. The molecule has 2 bridgehead atoms. The molecule has 5 nitrogen and oxygen atoms in total. The summed E-state index contributed by atoms with van der Waals surface area (Å²) in [5.41, 5.74) is 0.396. The number of hydrogen-bond donors (Lipinski definition) is 0. The summed E-state index contributed by atoms with van der Waals surface area (Å²) in [6, 6.07) is 0.447. The Kier molecular flexibility index (Phi) is 3.23. The minimum Gasteiger partial charge on any atom is -0.399 e. The van der Waals surface area contributed by atoms with Crippen LogP contribution in [0.25, 0.3) is 0 Å². The highest BCUT2D eigenvalue weighted by atomic mass is 16.7. The smallest absolute Gasteiger partial charge is 0.399 e. The number of aromatic nitrogens is 2. The monoisotopic (exact) mass is 304 g/mol. The van der Waals surface area contributed by atoms with Gasteiger partial charge in [-0.15, -0.1) is 0 Å². The van der Waals surface area contributed by atoms with Crippen LogP contribution < -0.4 is 5.46 Å². The Balaban J connectivity index is 1.51. The van der Waals surface area contributed by atoms with E-state index in [0.29, 0.717) is 18.2 Å². The maximum atomic E-state index is 6.11. The maximum Gasteiger partial charge on any atom is 0.498 e. The highest BCUT2D eigenvalue weighted by Crippen LogP contribution is 2.38. The number of rotatable bonds is 2. The van der Waals surface area contributed by atoms with Gasteiger partial charge in [0.25, 0.3) is 0 Å². The lowest BCUT2D eigenvalue weighted by Crippen LogP contribution is -2.41. The van der Waals surface area contributed by atoms with Gasteiger partial charge in [-0.3, -0.25) is 4.68 Å². The average molecular weight is 304 g/mol. The Hall–Kier alpha value is -0.845. The molecule has 4 heterocycles. The van der Waals surface area contributed by atoms with Crippen LogP contribution in [0.2, 0.25) is 0 Å². The summed E-state index contributed by atoms with van der Waals surface area (Å²) < 4.78 is 20.2. The van der Waals surface area contributed by atoms with Crippen molar-refractivity contribution in [2.45, 2.75) is 82.8 Å². The molecule has 120 valence electrons. The first-order valence-corrected chi connectivity index (χ1v) is 8.39. The first-order valence-electron chi connectivity index (χ1n) is 8.39. The molecule has 3 aliphatic heterocycles. The van der Waals surface area contributed by atoms with E-state index < -0.39 is 0 Å². The lowest BCUT2D eigenvalue weighted by molar-refractivity contribution is -0.0180. The number of nitrogens with zero attached hydrogens (tertiary/aromatic N) is 2. The van der Waals surface area contributed by atoms with Crippen LogP contribution in [0.4, 0.5) is 0 Å². The second-order valence-electron chi connectivity index (χ2n) is 7.92. The van der Waals surface area contributed by atoms with Gasteiger partial charge in [0.05, 0.1) is 29.5 Å². The molecular formula is C16H25BN2O3. The molecule has 4 rings (SSSR count). The molecule has 0 radical (unpaired) electrons. The molecule has 0 aliphatic carbocycles. The number of hydrogen-bond acceptors (Lipinski definition) is 4. The zero-order chi connectivity index (χ0) is 15.5. The quantitative estimate of drug-likeness (QED) is 0.785. The molecule has 0 N–H and O–H groups in total. The molecule has 1 aromatic heterocycles. The zero-order valence-corrected chi connectivity index (χ0v) is 13.9. The first-order chi connectivity index (χ1) is 10.3. The summed E-state index contributed by atoms with van der Waals surface area (Å²) in [4.78, 5) is 0. The third-order valence-electron chi connectivity index (χ3n) is 5.79. The fourth-order valence-corrected chi connectivity index (χ4v) is 3.70. The minimum atomic E-state index is -0.324. The van der Waals surface area contributed by atoms with Crippen molar-refractivity contribution in [1.29, 1.82) is 0 Å². The second-order valence-corrected chi connectivity index (χ2v) is 7.92. The van der Waals surface area contributed by atoms with Crippen molar-refractivity contribution in [2.75, 3.05) is 0 Å². The minimum absolute atomic E-state index is 0.308. The molecule has 22 heavy (non-hydrogen) atoms. The van der Waals surface area contributed by atoms with Crippen LogP contribution in [0.1, 0.15) is 59.4 Å². The lowest BCUT2D eigenvalue weighted by atomic mass is 9.82.